The number of aryl methyl sites for hydroxylation is 1. The second-order valence-electron chi connectivity index (χ2n) is 9.33. The third-order valence-electron chi connectivity index (χ3n) is 7.73. The summed E-state index contributed by atoms with van der Waals surface area (Å²) in [6.45, 7) is 2.04. The van der Waals surface area contributed by atoms with Crippen molar-refractivity contribution >= 4 is 45.0 Å². The Kier molecular flexibility index (Phi) is 4.44. The molecule has 5 nitrogen and oxygen atoms in total. The zero-order chi connectivity index (χ0) is 22.1. The number of hydrogen-bond acceptors (Lipinski definition) is 3. The molecule has 7 rings (SSSR count). The normalized spacial score (nSPS) is 31.5. The van der Waals surface area contributed by atoms with E-state index in [-0.39, 0.29) is 41.4 Å². The summed E-state index contributed by atoms with van der Waals surface area (Å²) in [5, 5.41) is 2.97. The van der Waals surface area contributed by atoms with Gasteiger partial charge in [0, 0.05) is 15.7 Å². The number of benzene rings is 2. The SMILES string of the molecule is CCc1cc(Br)ccc1NC(=O)c1cccc(N2C(=O)C3C4C=CC(C5CC45)C3C2=O)c1. The molecule has 1 N–H and O–H groups in total. The predicted molar refractivity (Wildman–Crippen MR) is 125 cm³/mol. The Balaban J connectivity index is 1.28. The van der Waals surface area contributed by atoms with E-state index in [2.05, 4.69) is 33.4 Å². The topological polar surface area (TPSA) is 66.5 Å². The van der Waals surface area contributed by atoms with Gasteiger partial charge in [0.1, 0.15) is 0 Å². The van der Waals surface area contributed by atoms with Crippen LogP contribution in [0.4, 0.5) is 11.4 Å². The molecule has 0 spiro atoms. The van der Waals surface area contributed by atoms with Crippen molar-refractivity contribution in [1.29, 1.82) is 0 Å². The number of amides is 3. The van der Waals surface area contributed by atoms with Crippen LogP contribution >= 0.6 is 15.9 Å². The monoisotopic (exact) mass is 490 g/mol. The van der Waals surface area contributed by atoms with Gasteiger partial charge in [0.05, 0.1) is 17.5 Å². The van der Waals surface area contributed by atoms with Crippen molar-refractivity contribution in [2.75, 3.05) is 10.2 Å². The molecule has 32 heavy (non-hydrogen) atoms. The fourth-order valence-corrected chi connectivity index (χ4v) is 6.58. The Morgan fingerprint density at radius 3 is 2.38 bits per heavy atom. The number of allylic oxidation sites excluding steroid dienone is 2. The van der Waals surface area contributed by atoms with Crippen LogP contribution in [0, 0.1) is 35.5 Å². The lowest BCUT2D eigenvalue weighted by molar-refractivity contribution is -0.124. The first-order chi connectivity index (χ1) is 15.5. The molecule has 2 saturated carbocycles. The van der Waals surface area contributed by atoms with Gasteiger partial charge in [-0.05, 0) is 78.5 Å². The second-order valence-corrected chi connectivity index (χ2v) is 10.2. The Bertz CT molecular complexity index is 1170. The molecule has 5 aliphatic rings. The number of anilines is 2. The summed E-state index contributed by atoms with van der Waals surface area (Å²) in [4.78, 5) is 41.0. The van der Waals surface area contributed by atoms with E-state index < -0.39 is 0 Å². The molecule has 3 amide bonds. The first kappa shape index (κ1) is 19.9. The zero-order valence-electron chi connectivity index (χ0n) is 17.6. The van der Waals surface area contributed by atoms with Gasteiger partial charge in [-0.25, -0.2) is 4.90 Å². The van der Waals surface area contributed by atoms with Gasteiger partial charge in [-0.1, -0.05) is 41.1 Å². The van der Waals surface area contributed by atoms with Crippen LogP contribution in [0.3, 0.4) is 0 Å². The van der Waals surface area contributed by atoms with Crippen LogP contribution in [-0.4, -0.2) is 17.7 Å². The van der Waals surface area contributed by atoms with Gasteiger partial charge in [0.2, 0.25) is 11.8 Å². The lowest BCUT2D eigenvalue weighted by Crippen LogP contribution is -2.40. The molecule has 6 unspecified atom stereocenters. The van der Waals surface area contributed by atoms with Crippen molar-refractivity contribution in [3.63, 3.8) is 0 Å². The smallest absolute Gasteiger partial charge is 0.255 e. The number of hydrogen-bond donors (Lipinski definition) is 1. The first-order valence-corrected chi connectivity index (χ1v) is 12.0. The molecule has 0 aromatic heterocycles. The summed E-state index contributed by atoms with van der Waals surface area (Å²) >= 11 is 3.47. The number of nitrogens with zero attached hydrogens (tertiary/aromatic N) is 1. The van der Waals surface area contributed by atoms with Gasteiger partial charge in [-0.15, -0.1) is 0 Å². The molecule has 2 bridgehead atoms. The summed E-state index contributed by atoms with van der Waals surface area (Å²) in [6.07, 6.45) is 6.26. The molecule has 6 atom stereocenters. The van der Waals surface area contributed by atoms with Crippen molar-refractivity contribution < 1.29 is 14.4 Å². The highest BCUT2D eigenvalue weighted by atomic mass is 79.9. The largest absolute Gasteiger partial charge is 0.322 e. The molecular formula is C26H23BrN2O3. The molecule has 3 fully saturated rings. The molecule has 1 aliphatic heterocycles. The first-order valence-electron chi connectivity index (χ1n) is 11.2. The standard InChI is InChI=1S/C26H23BrN2O3/c1-2-13-10-15(27)6-9-21(13)28-24(30)14-4-3-5-16(11-14)29-25(31)22-17-7-8-18(20-12-19(17)20)23(22)26(29)32/h3-11,17-20,22-23H,2,12H2,1H3,(H,28,30). The average Bonchev–Trinajstić information content (AvgIpc) is 3.58. The van der Waals surface area contributed by atoms with Crippen molar-refractivity contribution in [3.05, 3.63) is 70.2 Å². The van der Waals surface area contributed by atoms with Gasteiger partial charge < -0.3 is 5.32 Å². The van der Waals surface area contributed by atoms with Crippen LogP contribution in [0.5, 0.6) is 0 Å². The van der Waals surface area contributed by atoms with Crippen LogP contribution in [-0.2, 0) is 16.0 Å². The molecular weight excluding hydrogens is 468 g/mol. The molecule has 2 aromatic rings. The summed E-state index contributed by atoms with van der Waals surface area (Å²) in [7, 11) is 0. The average molecular weight is 491 g/mol. The number of carbonyl (C=O) groups excluding carboxylic acids is 3. The lowest BCUT2D eigenvalue weighted by atomic mass is 9.63. The van der Waals surface area contributed by atoms with Gasteiger partial charge >= 0.3 is 0 Å². The van der Waals surface area contributed by atoms with E-state index in [4.69, 9.17) is 0 Å². The molecule has 0 radical (unpaired) electrons. The van der Waals surface area contributed by atoms with E-state index in [0.717, 1.165) is 28.6 Å². The van der Waals surface area contributed by atoms with Gasteiger partial charge in [0.25, 0.3) is 5.91 Å². The van der Waals surface area contributed by atoms with E-state index in [0.29, 0.717) is 23.1 Å². The van der Waals surface area contributed by atoms with E-state index in [9.17, 15) is 14.4 Å². The van der Waals surface area contributed by atoms with Gasteiger partial charge in [-0.3, -0.25) is 14.4 Å². The third kappa shape index (κ3) is 2.85. The molecule has 4 aliphatic carbocycles. The number of nitrogens with one attached hydrogen (secondary N) is 1. The Labute approximate surface area is 195 Å². The van der Waals surface area contributed by atoms with Crippen molar-refractivity contribution in [3.8, 4) is 0 Å². The summed E-state index contributed by atoms with van der Waals surface area (Å²) in [5.74, 6) is 0.551. The van der Waals surface area contributed by atoms with Gasteiger partial charge in [-0.2, -0.15) is 0 Å². The summed E-state index contributed by atoms with van der Waals surface area (Å²) in [5.41, 5.74) is 2.69. The van der Waals surface area contributed by atoms with Crippen LogP contribution in [0.1, 0.15) is 29.3 Å². The van der Waals surface area contributed by atoms with Crippen LogP contribution in [0.2, 0.25) is 0 Å². The number of rotatable bonds is 4. The van der Waals surface area contributed by atoms with E-state index in [1.807, 2.05) is 25.1 Å². The third-order valence-corrected chi connectivity index (χ3v) is 8.22. The maximum Gasteiger partial charge on any atom is 0.255 e. The minimum Gasteiger partial charge on any atom is -0.322 e. The lowest BCUT2D eigenvalue weighted by Gasteiger charge is -2.37. The number of halogens is 1. The summed E-state index contributed by atoms with van der Waals surface area (Å²) in [6, 6.07) is 12.6. The van der Waals surface area contributed by atoms with Crippen molar-refractivity contribution in [1.82, 2.24) is 0 Å². The Morgan fingerprint density at radius 2 is 1.72 bits per heavy atom. The highest BCUT2D eigenvalue weighted by Crippen LogP contribution is 2.65. The van der Waals surface area contributed by atoms with Crippen molar-refractivity contribution in [2.45, 2.75) is 19.8 Å². The molecule has 1 heterocycles. The Hall–Kier alpha value is -2.73. The number of carbonyl (C=O) groups is 3. The fraction of sp³-hybridized carbons (Fsp3) is 0.346. The van der Waals surface area contributed by atoms with E-state index >= 15 is 0 Å². The van der Waals surface area contributed by atoms with Crippen LogP contribution in [0.25, 0.3) is 0 Å². The molecule has 162 valence electrons. The molecule has 1 saturated heterocycles. The highest BCUT2D eigenvalue weighted by Gasteiger charge is 2.67. The zero-order valence-corrected chi connectivity index (χ0v) is 19.2. The maximum absolute atomic E-state index is 13.4. The van der Waals surface area contributed by atoms with Crippen LogP contribution < -0.4 is 10.2 Å². The van der Waals surface area contributed by atoms with E-state index in [1.165, 1.54) is 4.90 Å². The predicted octanol–water partition coefficient (Wildman–Crippen LogP) is 4.82. The fourth-order valence-electron chi connectivity index (χ4n) is 6.17. The van der Waals surface area contributed by atoms with E-state index in [1.54, 1.807) is 24.3 Å². The maximum atomic E-state index is 13.4. The molecule has 6 heteroatoms. The summed E-state index contributed by atoms with van der Waals surface area (Å²) < 4.78 is 0.961. The van der Waals surface area contributed by atoms with Crippen molar-refractivity contribution in [2.24, 2.45) is 35.5 Å². The highest BCUT2D eigenvalue weighted by molar-refractivity contribution is 9.10. The Morgan fingerprint density at radius 1 is 1.03 bits per heavy atom. The van der Waals surface area contributed by atoms with Gasteiger partial charge in [0.15, 0.2) is 0 Å². The quantitative estimate of drug-likeness (QED) is 0.493. The van der Waals surface area contributed by atoms with Crippen LogP contribution in [0.15, 0.2) is 59.1 Å². The minimum absolute atomic E-state index is 0.108. The minimum atomic E-state index is -0.261. The second kappa shape index (κ2) is 7.14. The number of imide groups is 1. The molecule has 2 aromatic carbocycles.